The molecule has 0 aromatic rings. The van der Waals surface area contributed by atoms with E-state index in [0.717, 1.165) is 30.7 Å². The van der Waals surface area contributed by atoms with Crippen molar-refractivity contribution in [2.75, 3.05) is 6.61 Å². The molecular weight excluding hydrogens is 302 g/mol. The first-order valence-electron chi connectivity index (χ1n) is 9.32. The molecule has 2 unspecified atom stereocenters. The fourth-order valence-corrected chi connectivity index (χ4v) is 4.95. The average Bonchev–Trinajstić information content (AvgIpc) is 2.98. The van der Waals surface area contributed by atoms with Crippen LogP contribution >= 0.6 is 0 Å². The van der Waals surface area contributed by atoms with Crippen LogP contribution in [0.1, 0.15) is 66.2 Å². The number of esters is 1. The molecule has 132 valence electrons. The molecule has 1 heterocycles. The predicted octanol–water partition coefficient (Wildman–Crippen LogP) is 4.09. The van der Waals surface area contributed by atoms with E-state index in [-0.39, 0.29) is 29.0 Å². The monoisotopic (exact) mass is 331 g/mol. The molecular formula is C20H29NO3. The van der Waals surface area contributed by atoms with Gasteiger partial charge in [-0.2, -0.15) is 0 Å². The van der Waals surface area contributed by atoms with Gasteiger partial charge in [0.25, 0.3) is 0 Å². The molecule has 0 aromatic carbocycles. The van der Waals surface area contributed by atoms with Crippen LogP contribution in [0.15, 0.2) is 16.3 Å². The van der Waals surface area contributed by atoms with E-state index in [9.17, 15) is 9.59 Å². The second-order valence-electron chi connectivity index (χ2n) is 8.35. The van der Waals surface area contributed by atoms with Gasteiger partial charge in [-0.3, -0.25) is 9.79 Å². The summed E-state index contributed by atoms with van der Waals surface area (Å²) in [5, 5.41) is 0. The number of ketones is 1. The van der Waals surface area contributed by atoms with E-state index in [4.69, 9.17) is 9.73 Å². The van der Waals surface area contributed by atoms with Crippen molar-refractivity contribution in [1.82, 2.24) is 0 Å². The maximum atomic E-state index is 13.0. The van der Waals surface area contributed by atoms with Crippen LogP contribution in [-0.2, 0) is 14.3 Å². The molecule has 2 atom stereocenters. The molecule has 2 aliphatic carbocycles. The van der Waals surface area contributed by atoms with Crippen LogP contribution in [0.5, 0.6) is 0 Å². The van der Waals surface area contributed by atoms with E-state index in [1.807, 2.05) is 13.8 Å². The van der Waals surface area contributed by atoms with Crippen LogP contribution in [0.4, 0.5) is 0 Å². The molecule has 3 rings (SSSR count). The number of aliphatic imine (C=N–C) groups is 1. The molecule has 0 spiro atoms. The summed E-state index contributed by atoms with van der Waals surface area (Å²) in [5.41, 5.74) is 2.40. The van der Waals surface area contributed by atoms with Gasteiger partial charge in [0.2, 0.25) is 0 Å². The Labute approximate surface area is 144 Å². The Morgan fingerprint density at radius 2 is 1.92 bits per heavy atom. The highest BCUT2D eigenvalue weighted by atomic mass is 16.5. The van der Waals surface area contributed by atoms with Gasteiger partial charge in [0.1, 0.15) is 5.78 Å². The lowest BCUT2D eigenvalue weighted by Gasteiger charge is -2.42. The van der Waals surface area contributed by atoms with Crippen molar-refractivity contribution in [2.24, 2.45) is 28.2 Å². The third-order valence-corrected chi connectivity index (χ3v) is 5.81. The van der Waals surface area contributed by atoms with Gasteiger partial charge in [-0.05, 0) is 44.4 Å². The number of nitrogens with zero attached hydrogens (tertiary/aromatic N) is 1. The van der Waals surface area contributed by atoms with Crippen molar-refractivity contribution in [3.63, 3.8) is 0 Å². The quantitative estimate of drug-likeness (QED) is 0.732. The molecule has 4 nitrogen and oxygen atoms in total. The first-order chi connectivity index (χ1) is 11.3. The zero-order valence-electron chi connectivity index (χ0n) is 15.4. The second kappa shape index (κ2) is 6.45. The molecule has 0 aromatic heterocycles. The summed E-state index contributed by atoms with van der Waals surface area (Å²) < 4.78 is 5.32. The van der Waals surface area contributed by atoms with Crippen molar-refractivity contribution in [3.05, 3.63) is 11.3 Å². The summed E-state index contributed by atoms with van der Waals surface area (Å²) in [6.07, 6.45) is 6.00. The van der Waals surface area contributed by atoms with Gasteiger partial charge in [-0.15, -0.1) is 0 Å². The standard InChI is InChI=1S/C20H29NO3/c1-5-24-19(23)16-12(2)21-14-10-20(3,4)11-15(22)18(14)17(16)13-8-6-7-9-13/h13,17-18H,5-11H2,1-4H3. The predicted molar refractivity (Wildman–Crippen MR) is 93.7 cm³/mol. The molecule has 4 heteroatoms. The number of fused-ring (bicyclic) bond motifs is 1. The number of carbonyl (C=O) groups excluding carboxylic acids is 2. The van der Waals surface area contributed by atoms with Gasteiger partial charge in [0.15, 0.2) is 0 Å². The number of carbonyl (C=O) groups is 2. The van der Waals surface area contributed by atoms with Crippen molar-refractivity contribution >= 4 is 17.5 Å². The third-order valence-electron chi connectivity index (χ3n) is 5.81. The largest absolute Gasteiger partial charge is 0.463 e. The summed E-state index contributed by atoms with van der Waals surface area (Å²) in [4.78, 5) is 30.3. The Hall–Kier alpha value is -1.45. The highest BCUT2D eigenvalue weighted by Crippen LogP contribution is 2.48. The minimum Gasteiger partial charge on any atom is -0.463 e. The number of hydrogen-bond acceptors (Lipinski definition) is 4. The average molecular weight is 331 g/mol. The van der Waals surface area contributed by atoms with Crippen LogP contribution in [-0.4, -0.2) is 24.1 Å². The molecule has 0 saturated heterocycles. The van der Waals surface area contributed by atoms with Gasteiger partial charge in [0, 0.05) is 23.7 Å². The minimum absolute atomic E-state index is 0.0253. The summed E-state index contributed by atoms with van der Waals surface area (Å²) in [5.74, 6) is 0.162. The van der Waals surface area contributed by atoms with Crippen molar-refractivity contribution in [2.45, 2.75) is 66.2 Å². The van der Waals surface area contributed by atoms with Gasteiger partial charge < -0.3 is 4.74 Å². The number of hydrogen-bond donors (Lipinski definition) is 0. The third kappa shape index (κ3) is 3.07. The normalized spacial score (nSPS) is 30.2. The molecule has 0 radical (unpaired) electrons. The fourth-order valence-electron chi connectivity index (χ4n) is 4.95. The first-order valence-corrected chi connectivity index (χ1v) is 9.32. The Morgan fingerprint density at radius 1 is 1.25 bits per heavy atom. The summed E-state index contributed by atoms with van der Waals surface area (Å²) >= 11 is 0. The Morgan fingerprint density at radius 3 is 2.54 bits per heavy atom. The zero-order chi connectivity index (χ0) is 17.5. The van der Waals surface area contributed by atoms with Gasteiger partial charge in [0.05, 0.1) is 18.1 Å². The van der Waals surface area contributed by atoms with Gasteiger partial charge >= 0.3 is 5.97 Å². The highest BCUT2D eigenvalue weighted by molar-refractivity contribution is 6.11. The minimum atomic E-state index is -0.271. The fraction of sp³-hybridized carbons (Fsp3) is 0.750. The number of allylic oxidation sites excluding steroid dienone is 1. The number of Topliss-reactive ketones (excluding diaryl/α,β-unsaturated/α-hetero) is 1. The maximum absolute atomic E-state index is 13.0. The number of ether oxygens (including phenoxy) is 1. The number of rotatable bonds is 3. The Bertz CT molecular complexity index is 608. The Balaban J connectivity index is 2.05. The van der Waals surface area contributed by atoms with Crippen molar-refractivity contribution in [1.29, 1.82) is 0 Å². The molecule has 1 aliphatic heterocycles. The van der Waals surface area contributed by atoms with Crippen molar-refractivity contribution < 1.29 is 14.3 Å². The zero-order valence-corrected chi connectivity index (χ0v) is 15.4. The molecule has 2 fully saturated rings. The van der Waals surface area contributed by atoms with Crippen LogP contribution < -0.4 is 0 Å². The van der Waals surface area contributed by atoms with Crippen LogP contribution in [0.3, 0.4) is 0 Å². The van der Waals surface area contributed by atoms with Gasteiger partial charge in [-0.25, -0.2) is 4.79 Å². The van der Waals surface area contributed by atoms with Crippen LogP contribution in [0.2, 0.25) is 0 Å². The molecule has 0 amide bonds. The van der Waals surface area contributed by atoms with Gasteiger partial charge in [-0.1, -0.05) is 26.7 Å². The van der Waals surface area contributed by atoms with Crippen LogP contribution in [0, 0.1) is 23.2 Å². The lowest BCUT2D eigenvalue weighted by atomic mass is 9.62. The van der Waals surface area contributed by atoms with E-state index < -0.39 is 0 Å². The lowest BCUT2D eigenvalue weighted by Crippen LogP contribution is -2.46. The lowest BCUT2D eigenvalue weighted by molar-refractivity contribution is -0.140. The van der Waals surface area contributed by atoms with E-state index in [0.29, 0.717) is 24.5 Å². The molecule has 2 saturated carbocycles. The highest BCUT2D eigenvalue weighted by Gasteiger charge is 2.49. The molecule has 3 aliphatic rings. The van der Waals surface area contributed by atoms with E-state index in [1.54, 1.807) is 0 Å². The van der Waals surface area contributed by atoms with Crippen LogP contribution in [0.25, 0.3) is 0 Å². The maximum Gasteiger partial charge on any atom is 0.336 e. The van der Waals surface area contributed by atoms with E-state index in [1.165, 1.54) is 12.8 Å². The van der Waals surface area contributed by atoms with E-state index in [2.05, 4.69) is 13.8 Å². The summed E-state index contributed by atoms with van der Waals surface area (Å²) in [6, 6.07) is 0. The van der Waals surface area contributed by atoms with E-state index >= 15 is 0 Å². The summed E-state index contributed by atoms with van der Waals surface area (Å²) in [6.45, 7) is 8.35. The Kier molecular flexibility index (Phi) is 4.67. The first kappa shape index (κ1) is 17.4. The van der Waals surface area contributed by atoms with Crippen molar-refractivity contribution in [3.8, 4) is 0 Å². The SMILES string of the molecule is CCOC(=O)C1=C(C)N=C2CC(C)(C)CC(=O)C2C1C1CCCC1. The summed E-state index contributed by atoms with van der Waals surface area (Å²) in [7, 11) is 0. The molecule has 0 N–H and O–H groups in total. The molecule has 24 heavy (non-hydrogen) atoms. The smallest absolute Gasteiger partial charge is 0.336 e. The second-order valence-corrected chi connectivity index (χ2v) is 8.35. The topological polar surface area (TPSA) is 55.7 Å². The molecule has 0 bridgehead atoms.